The van der Waals surface area contributed by atoms with E-state index >= 15 is 0 Å². The molecule has 31 heavy (non-hydrogen) atoms. The smallest absolute Gasteiger partial charge is 0.331 e. The van der Waals surface area contributed by atoms with Crippen molar-refractivity contribution in [2.45, 2.75) is 38.6 Å². The third-order valence-electron chi connectivity index (χ3n) is 5.04. The van der Waals surface area contributed by atoms with Crippen molar-refractivity contribution in [3.63, 3.8) is 0 Å². The zero-order valence-electron chi connectivity index (χ0n) is 16.4. The number of aliphatic hydroxyl groups is 1. The molecule has 1 fully saturated rings. The molecule has 12 heteroatoms. The number of carbonyl (C=O) groups excluding carboxylic acids is 1. The minimum Gasteiger partial charge on any atom is -0.386 e. The Morgan fingerprint density at radius 2 is 1.97 bits per heavy atom. The van der Waals surface area contributed by atoms with Gasteiger partial charge in [0.2, 0.25) is 0 Å². The van der Waals surface area contributed by atoms with Crippen molar-refractivity contribution >= 4 is 17.5 Å². The molecule has 3 aromatic rings. The molecule has 162 valence electrons. The first-order valence-electron chi connectivity index (χ1n) is 9.66. The van der Waals surface area contributed by atoms with Gasteiger partial charge >= 0.3 is 5.69 Å². The Labute approximate surface area is 180 Å². The molecule has 0 spiro atoms. The maximum Gasteiger partial charge on any atom is 0.331 e. The van der Waals surface area contributed by atoms with Crippen LogP contribution >= 0.6 is 11.6 Å². The molecule has 1 aliphatic rings. The van der Waals surface area contributed by atoms with Crippen LogP contribution in [-0.4, -0.2) is 40.4 Å². The van der Waals surface area contributed by atoms with Gasteiger partial charge in [0.05, 0.1) is 13.1 Å². The summed E-state index contributed by atoms with van der Waals surface area (Å²) in [7, 11) is 0. The highest BCUT2D eigenvalue weighted by atomic mass is 35.5. The molecule has 0 radical (unpaired) electrons. The topological polar surface area (TPSA) is 151 Å². The van der Waals surface area contributed by atoms with Crippen molar-refractivity contribution in [2.24, 2.45) is 11.7 Å². The standard InChI is InChI=1S/C19H20ClN7O4/c20-13-5-3-12(4-6-13)15(28)9-27-23-16(22-24-27)10-25-8-14(17(21)29)18(30)26(19(25)31)7-11-1-2-11/h3-6,8,11,15,28H,1-2,7,9-10H2,(H2,21,29)/t15-/m0/s1. The van der Waals surface area contributed by atoms with E-state index in [4.69, 9.17) is 17.3 Å². The number of amides is 1. The second-order valence-corrected chi connectivity index (χ2v) is 7.94. The van der Waals surface area contributed by atoms with Gasteiger partial charge < -0.3 is 10.8 Å². The summed E-state index contributed by atoms with van der Waals surface area (Å²) in [5.74, 6) is -0.487. The first-order chi connectivity index (χ1) is 14.8. The SMILES string of the molecule is NC(=O)c1cn(Cc2nnn(C[C@H](O)c3ccc(Cl)cc3)n2)c(=O)n(CC2CC2)c1=O. The van der Waals surface area contributed by atoms with E-state index in [2.05, 4.69) is 15.4 Å². The predicted octanol–water partition coefficient (Wildman–Crippen LogP) is -0.0593. The lowest BCUT2D eigenvalue weighted by atomic mass is 10.1. The third-order valence-corrected chi connectivity index (χ3v) is 5.29. The molecular weight excluding hydrogens is 426 g/mol. The summed E-state index contributed by atoms with van der Waals surface area (Å²) in [6.45, 7) is 0.171. The van der Waals surface area contributed by atoms with Crippen LogP contribution in [0.15, 0.2) is 40.1 Å². The first-order valence-corrected chi connectivity index (χ1v) is 10.0. The van der Waals surface area contributed by atoms with Gasteiger partial charge in [-0.3, -0.25) is 18.7 Å². The van der Waals surface area contributed by atoms with Crippen LogP contribution < -0.4 is 17.0 Å². The van der Waals surface area contributed by atoms with Crippen LogP contribution in [-0.2, 0) is 19.6 Å². The van der Waals surface area contributed by atoms with Gasteiger partial charge in [0.1, 0.15) is 11.7 Å². The van der Waals surface area contributed by atoms with Crippen LogP contribution in [0.1, 0.15) is 40.7 Å². The van der Waals surface area contributed by atoms with Crippen molar-refractivity contribution in [3.8, 4) is 0 Å². The summed E-state index contributed by atoms with van der Waals surface area (Å²) in [6, 6.07) is 6.72. The molecule has 4 rings (SSSR count). The van der Waals surface area contributed by atoms with Gasteiger partial charge in [0.25, 0.3) is 11.5 Å². The number of hydrogen-bond donors (Lipinski definition) is 2. The van der Waals surface area contributed by atoms with Crippen molar-refractivity contribution < 1.29 is 9.90 Å². The van der Waals surface area contributed by atoms with Crippen LogP contribution in [0.4, 0.5) is 0 Å². The monoisotopic (exact) mass is 445 g/mol. The Morgan fingerprint density at radius 3 is 2.61 bits per heavy atom. The van der Waals surface area contributed by atoms with E-state index in [0.717, 1.165) is 23.6 Å². The highest BCUT2D eigenvalue weighted by Gasteiger charge is 2.25. The van der Waals surface area contributed by atoms with Crippen molar-refractivity contribution in [1.29, 1.82) is 0 Å². The average molecular weight is 446 g/mol. The number of tetrazole rings is 1. The Morgan fingerprint density at radius 1 is 1.26 bits per heavy atom. The molecule has 1 aromatic carbocycles. The van der Waals surface area contributed by atoms with Gasteiger partial charge in [-0.05, 0) is 41.7 Å². The number of nitrogens with two attached hydrogens (primary N) is 1. The van der Waals surface area contributed by atoms with E-state index in [9.17, 15) is 19.5 Å². The van der Waals surface area contributed by atoms with E-state index in [1.165, 1.54) is 9.36 Å². The highest BCUT2D eigenvalue weighted by Crippen LogP contribution is 2.29. The minimum absolute atomic E-state index is 0.0389. The number of primary amides is 1. The van der Waals surface area contributed by atoms with E-state index < -0.39 is 23.3 Å². The average Bonchev–Trinajstić information content (AvgIpc) is 3.45. The molecule has 2 aromatic heterocycles. The lowest BCUT2D eigenvalue weighted by Gasteiger charge is -2.10. The van der Waals surface area contributed by atoms with E-state index in [1.807, 2.05) is 0 Å². The largest absolute Gasteiger partial charge is 0.386 e. The van der Waals surface area contributed by atoms with Crippen LogP contribution in [0.25, 0.3) is 0 Å². The van der Waals surface area contributed by atoms with Crippen molar-refractivity contribution in [2.75, 3.05) is 0 Å². The lowest BCUT2D eigenvalue weighted by Crippen LogP contribution is -2.44. The summed E-state index contributed by atoms with van der Waals surface area (Å²) < 4.78 is 2.20. The molecule has 1 amide bonds. The van der Waals surface area contributed by atoms with Gasteiger partial charge in [-0.1, -0.05) is 23.7 Å². The molecule has 0 unspecified atom stereocenters. The second-order valence-electron chi connectivity index (χ2n) is 7.50. The van der Waals surface area contributed by atoms with Crippen molar-refractivity contribution in [1.82, 2.24) is 29.3 Å². The number of aliphatic hydroxyl groups excluding tert-OH is 1. The molecule has 2 heterocycles. The summed E-state index contributed by atoms with van der Waals surface area (Å²) in [6.07, 6.45) is 2.10. The number of aromatic nitrogens is 6. The van der Waals surface area contributed by atoms with Crippen LogP contribution in [0.2, 0.25) is 5.02 Å². The Balaban J connectivity index is 1.55. The fraction of sp³-hybridized carbons (Fsp3) is 0.368. The number of rotatable bonds is 8. The second kappa shape index (κ2) is 8.44. The van der Waals surface area contributed by atoms with E-state index in [1.54, 1.807) is 24.3 Å². The Hall–Kier alpha value is -3.31. The van der Waals surface area contributed by atoms with Crippen LogP contribution in [0, 0.1) is 5.92 Å². The van der Waals surface area contributed by atoms with Gasteiger partial charge in [-0.25, -0.2) is 4.79 Å². The molecule has 1 saturated carbocycles. The zero-order valence-corrected chi connectivity index (χ0v) is 17.1. The van der Waals surface area contributed by atoms with Gasteiger partial charge in [0, 0.05) is 17.8 Å². The Bertz CT molecular complexity index is 1230. The minimum atomic E-state index is -0.911. The van der Waals surface area contributed by atoms with E-state index in [0.29, 0.717) is 10.6 Å². The summed E-state index contributed by atoms with van der Waals surface area (Å²) in [5.41, 5.74) is 4.42. The Kier molecular flexibility index (Phi) is 5.70. The fourth-order valence-electron chi connectivity index (χ4n) is 3.17. The third kappa shape index (κ3) is 4.72. The highest BCUT2D eigenvalue weighted by molar-refractivity contribution is 6.30. The van der Waals surface area contributed by atoms with Gasteiger partial charge in [-0.15, -0.1) is 10.2 Å². The molecule has 0 aliphatic heterocycles. The number of benzene rings is 1. The van der Waals surface area contributed by atoms with Gasteiger partial charge in [-0.2, -0.15) is 4.80 Å². The normalized spacial score (nSPS) is 14.5. The van der Waals surface area contributed by atoms with Crippen LogP contribution in [0.5, 0.6) is 0 Å². The van der Waals surface area contributed by atoms with Crippen LogP contribution in [0.3, 0.4) is 0 Å². The summed E-state index contributed by atoms with van der Waals surface area (Å²) in [5, 5.41) is 22.9. The molecule has 1 aliphatic carbocycles. The predicted molar refractivity (Wildman–Crippen MR) is 110 cm³/mol. The van der Waals surface area contributed by atoms with Gasteiger partial charge in [0.15, 0.2) is 5.82 Å². The molecule has 1 atom stereocenters. The number of halogens is 1. The van der Waals surface area contributed by atoms with E-state index in [-0.39, 0.29) is 36.9 Å². The molecular formula is C19H20ClN7O4. The maximum absolute atomic E-state index is 12.8. The maximum atomic E-state index is 12.8. The fourth-order valence-corrected chi connectivity index (χ4v) is 3.30. The number of carbonyl (C=O) groups is 1. The number of hydrogen-bond acceptors (Lipinski definition) is 7. The molecule has 11 nitrogen and oxygen atoms in total. The molecule has 3 N–H and O–H groups in total. The molecule has 0 saturated heterocycles. The first kappa shape index (κ1) is 20.9. The lowest BCUT2D eigenvalue weighted by molar-refractivity contribution is 0.0997. The number of nitrogens with zero attached hydrogens (tertiary/aromatic N) is 6. The quantitative estimate of drug-likeness (QED) is 0.492. The molecule has 0 bridgehead atoms. The zero-order chi connectivity index (χ0) is 22.1. The summed E-state index contributed by atoms with van der Waals surface area (Å²) in [4.78, 5) is 38.1. The summed E-state index contributed by atoms with van der Waals surface area (Å²) >= 11 is 5.85. The van der Waals surface area contributed by atoms with Crippen molar-refractivity contribution in [3.05, 3.63) is 73.3 Å².